The van der Waals surface area contributed by atoms with Gasteiger partial charge in [0.2, 0.25) is 5.91 Å². The maximum atomic E-state index is 13.9. The van der Waals surface area contributed by atoms with Crippen molar-refractivity contribution in [1.29, 1.82) is 0 Å². The maximum Gasteiger partial charge on any atom is 0.234 e. The minimum atomic E-state index is -0.462. The van der Waals surface area contributed by atoms with Gasteiger partial charge >= 0.3 is 0 Å². The van der Waals surface area contributed by atoms with Crippen LogP contribution in [0.4, 0.5) is 10.1 Å². The van der Waals surface area contributed by atoms with E-state index in [1.807, 2.05) is 11.5 Å². The van der Waals surface area contributed by atoms with Crippen molar-refractivity contribution >= 4 is 46.6 Å². The predicted molar refractivity (Wildman–Crippen MR) is 123 cm³/mol. The predicted octanol–water partition coefficient (Wildman–Crippen LogP) is 5.24. The average Bonchev–Trinajstić information content (AvgIpc) is 3.17. The number of nitrogens with one attached hydrogen (secondary N) is 1. The lowest BCUT2D eigenvalue weighted by Gasteiger charge is -2.17. The monoisotopic (exact) mass is 498 g/mol. The second-order valence-corrected chi connectivity index (χ2v) is 8.54. The zero-order chi connectivity index (χ0) is 23.1. The fourth-order valence-electron chi connectivity index (χ4n) is 2.87. The number of aromatic nitrogens is 3. The lowest BCUT2D eigenvalue weighted by atomic mass is 10.3. The molecule has 0 radical (unpaired) electrons. The molecule has 0 aliphatic carbocycles. The molecule has 0 fully saturated rings. The van der Waals surface area contributed by atoms with Crippen molar-refractivity contribution in [1.82, 2.24) is 14.8 Å². The van der Waals surface area contributed by atoms with Crippen LogP contribution in [-0.2, 0) is 16.1 Å². The van der Waals surface area contributed by atoms with E-state index < -0.39 is 5.82 Å². The summed E-state index contributed by atoms with van der Waals surface area (Å²) in [6.07, 6.45) is 0. The van der Waals surface area contributed by atoms with Crippen molar-refractivity contribution in [3.63, 3.8) is 0 Å². The Morgan fingerprint density at radius 3 is 2.75 bits per heavy atom. The molecule has 1 heterocycles. The lowest BCUT2D eigenvalue weighted by molar-refractivity contribution is -0.113. The first kappa shape index (κ1) is 24.3. The van der Waals surface area contributed by atoms with E-state index in [0.717, 1.165) is 0 Å². The van der Waals surface area contributed by atoms with E-state index in [9.17, 15) is 9.18 Å². The number of benzene rings is 2. The highest BCUT2D eigenvalue weighted by Crippen LogP contribution is 2.27. The van der Waals surface area contributed by atoms with Crippen LogP contribution < -0.4 is 10.1 Å². The Labute approximate surface area is 199 Å². The van der Waals surface area contributed by atoms with Crippen LogP contribution in [0.15, 0.2) is 47.6 Å². The van der Waals surface area contributed by atoms with Gasteiger partial charge in [0.1, 0.15) is 6.61 Å². The van der Waals surface area contributed by atoms with E-state index >= 15 is 0 Å². The summed E-state index contributed by atoms with van der Waals surface area (Å²) in [5.41, 5.74) is 0.467. The van der Waals surface area contributed by atoms with Gasteiger partial charge in [-0.2, -0.15) is 0 Å². The Morgan fingerprint density at radius 2 is 2.03 bits per heavy atom. The molecule has 0 aliphatic rings. The largest absolute Gasteiger partial charge is 0.483 e. The Balaban J connectivity index is 1.69. The van der Waals surface area contributed by atoms with Crippen LogP contribution in [0.1, 0.15) is 18.8 Å². The number of hydrogen-bond acceptors (Lipinski definition) is 6. The molecule has 1 aromatic heterocycles. The summed E-state index contributed by atoms with van der Waals surface area (Å²) in [5.74, 6) is -0.0467. The highest BCUT2D eigenvalue weighted by atomic mass is 35.5. The zero-order valence-corrected chi connectivity index (χ0v) is 19.7. The number of amides is 1. The van der Waals surface area contributed by atoms with Crippen molar-refractivity contribution in [2.24, 2.45) is 0 Å². The van der Waals surface area contributed by atoms with Crippen LogP contribution in [-0.4, -0.2) is 40.1 Å². The van der Waals surface area contributed by atoms with E-state index in [-0.39, 0.29) is 30.1 Å². The third-order valence-corrected chi connectivity index (χ3v) is 5.81. The molecule has 32 heavy (non-hydrogen) atoms. The number of ether oxygens (including phenoxy) is 2. The summed E-state index contributed by atoms with van der Waals surface area (Å²) in [4.78, 5) is 12.4. The topological polar surface area (TPSA) is 78.3 Å². The third-order valence-electron chi connectivity index (χ3n) is 4.31. The molecule has 0 bridgehead atoms. The molecular formula is C21H21Cl2FN4O3S. The van der Waals surface area contributed by atoms with Crippen molar-refractivity contribution in [2.45, 2.75) is 24.7 Å². The van der Waals surface area contributed by atoms with E-state index in [1.54, 1.807) is 37.4 Å². The highest BCUT2D eigenvalue weighted by Gasteiger charge is 2.20. The number of carbonyl (C=O) groups excluding carboxylic acids is 1. The van der Waals surface area contributed by atoms with Crippen LogP contribution in [0.2, 0.25) is 10.0 Å². The van der Waals surface area contributed by atoms with Crippen LogP contribution in [0.5, 0.6) is 5.75 Å². The molecule has 3 rings (SSSR count). The van der Waals surface area contributed by atoms with Gasteiger partial charge in [-0.25, -0.2) is 4.39 Å². The third kappa shape index (κ3) is 6.35. The smallest absolute Gasteiger partial charge is 0.234 e. The molecule has 3 aromatic rings. The van der Waals surface area contributed by atoms with Gasteiger partial charge in [-0.05, 0) is 37.3 Å². The van der Waals surface area contributed by atoms with Crippen LogP contribution in [0, 0.1) is 5.82 Å². The van der Waals surface area contributed by atoms with Gasteiger partial charge in [0.25, 0.3) is 0 Å². The number of methoxy groups -OCH3 is 1. The minimum absolute atomic E-state index is 0.00905. The fraction of sp³-hybridized carbons (Fsp3) is 0.286. The lowest BCUT2D eigenvalue weighted by Crippen LogP contribution is -2.18. The van der Waals surface area contributed by atoms with E-state index in [2.05, 4.69) is 15.5 Å². The van der Waals surface area contributed by atoms with Gasteiger partial charge in [-0.15, -0.1) is 10.2 Å². The van der Waals surface area contributed by atoms with Crippen molar-refractivity contribution in [3.8, 4) is 5.75 Å². The van der Waals surface area contributed by atoms with Gasteiger partial charge in [0.05, 0.1) is 29.1 Å². The average molecular weight is 499 g/mol. The molecule has 0 unspecified atom stereocenters. The first-order valence-electron chi connectivity index (χ1n) is 9.56. The van der Waals surface area contributed by atoms with Crippen LogP contribution >= 0.6 is 35.0 Å². The molecule has 0 spiro atoms. The summed E-state index contributed by atoms with van der Waals surface area (Å²) >= 11 is 13.2. The van der Waals surface area contributed by atoms with Crippen LogP contribution in [0.3, 0.4) is 0 Å². The van der Waals surface area contributed by atoms with Gasteiger partial charge in [0, 0.05) is 12.1 Å². The summed E-state index contributed by atoms with van der Waals surface area (Å²) in [6, 6.07) is 10.8. The molecule has 0 aliphatic heterocycles. The molecule has 7 nitrogen and oxygen atoms in total. The number of hydrogen-bond donors (Lipinski definition) is 1. The van der Waals surface area contributed by atoms with E-state index in [4.69, 9.17) is 32.7 Å². The summed E-state index contributed by atoms with van der Waals surface area (Å²) < 4.78 is 26.5. The van der Waals surface area contributed by atoms with Gasteiger partial charge in [-0.1, -0.05) is 47.1 Å². The number of nitrogens with zero attached hydrogens (tertiary/aromatic N) is 3. The molecule has 170 valence electrons. The molecule has 11 heteroatoms. The standard InChI is InChI=1S/C21H21Cl2FN4O3S/c1-13(10-30-2)28-19(11-31-18-6-4-3-5-16(18)24)26-27-21(28)32-12-20(29)25-17-8-7-14(22)9-15(17)23/h3-9,13H,10-12H2,1-2H3,(H,25,29)/t13-/m1/s1. The Kier molecular flexibility index (Phi) is 8.75. The number of carbonyl (C=O) groups is 1. The van der Waals surface area contributed by atoms with Gasteiger partial charge in [0.15, 0.2) is 22.5 Å². The van der Waals surface area contributed by atoms with Crippen molar-refractivity contribution < 1.29 is 18.7 Å². The van der Waals surface area contributed by atoms with Gasteiger partial charge < -0.3 is 14.8 Å². The quantitative estimate of drug-likeness (QED) is 0.385. The number of halogens is 3. The first-order chi connectivity index (χ1) is 15.4. The second-order valence-electron chi connectivity index (χ2n) is 6.75. The molecule has 2 aromatic carbocycles. The van der Waals surface area contributed by atoms with E-state index in [1.165, 1.54) is 23.9 Å². The van der Waals surface area contributed by atoms with Crippen LogP contribution in [0.25, 0.3) is 0 Å². The number of thioether (sulfide) groups is 1. The minimum Gasteiger partial charge on any atom is -0.483 e. The normalized spacial score (nSPS) is 11.9. The molecule has 1 N–H and O–H groups in total. The first-order valence-corrected chi connectivity index (χ1v) is 11.3. The number of rotatable bonds is 10. The molecular weight excluding hydrogens is 478 g/mol. The SMILES string of the molecule is COC[C@@H](C)n1c(COc2ccccc2F)nnc1SCC(=O)Nc1ccc(Cl)cc1Cl. The second kappa shape index (κ2) is 11.5. The Morgan fingerprint density at radius 1 is 1.25 bits per heavy atom. The molecule has 0 saturated carbocycles. The molecule has 0 saturated heterocycles. The molecule has 1 atom stereocenters. The zero-order valence-electron chi connectivity index (χ0n) is 17.3. The van der Waals surface area contributed by atoms with Gasteiger partial charge in [-0.3, -0.25) is 9.36 Å². The van der Waals surface area contributed by atoms with Crippen molar-refractivity contribution in [2.75, 3.05) is 24.8 Å². The number of para-hydroxylation sites is 1. The summed E-state index contributed by atoms with van der Waals surface area (Å²) in [5, 5.41) is 12.4. The Bertz CT molecular complexity index is 1080. The summed E-state index contributed by atoms with van der Waals surface area (Å²) in [7, 11) is 1.59. The molecule has 1 amide bonds. The Hall–Kier alpha value is -2.33. The highest BCUT2D eigenvalue weighted by molar-refractivity contribution is 7.99. The number of anilines is 1. The maximum absolute atomic E-state index is 13.9. The fourth-order valence-corrected chi connectivity index (χ4v) is 4.19. The van der Waals surface area contributed by atoms with Crippen molar-refractivity contribution in [3.05, 3.63) is 64.2 Å². The summed E-state index contributed by atoms with van der Waals surface area (Å²) in [6.45, 7) is 2.33. The van der Waals surface area contributed by atoms with E-state index in [0.29, 0.717) is 33.3 Å².